The quantitative estimate of drug-likeness (QED) is 0.849. The van der Waals surface area contributed by atoms with E-state index in [0.717, 1.165) is 62.1 Å². The van der Waals surface area contributed by atoms with Crippen molar-refractivity contribution in [2.24, 2.45) is 11.8 Å². The number of aromatic nitrogens is 3. The molecule has 0 radical (unpaired) electrons. The molecule has 0 spiro atoms. The lowest BCUT2D eigenvalue weighted by atomic mass is 9.94. The molecule has 144 valence electrons. The van der Waals surface area contributed by atoms with Crippen LogP contribution in [0.4, 0.5) is 10.5 Å². The van der Waals surface area contributed by atoms with Gasteiger partial charge >= 0.3 is 6.03 Å². The van der Waals surface area contributed by atoms with Gasteiger partial charge in [0.05, 0.1) is 7.11 Å². The second kappa shape index (κ2) is 7.98. The third kappa shape index (κ3) is 4.59. The number of likely N-dealkylation sites (tertiary alicyclic amines) is 1. The molecule has 1 saturated heterocycles. The fourth-order valence-electron chi connectivity index (χ4n) is 3.72. The molecule has 1 unspecified atom stereocenters. The first-order valence-corrected chi connectivity index (χ1v) is 9.78. The Morgan fingerprint density at radius 3 is 2.78 bits per heavy atom. The molecule has 1 aromatic heterocycles. The summed E-state index contributed by atoms with van der Waals surface area (Å²) >= 11 is 0. The van der Waals surface area contributed by atoms with Crippen LogP contribution in [0, 0.1) is 11.8 Å². The molecule has 1 aliphatic heterocycles. The van der Waals surface area contributed by atoms with Crippen molar-refractivity contribution >= 4 is 11.7 Å². The second-order valence-electron chi connectivity index (χ2n) is 7.66. The van der Waals surface area contributed by atoms with E-state index in [4.69, 9.17) is 4.74 Å². The van der Waals surface area contributed by atoms with Gasteiger partial charge in [-0.1, -0.05) is 0 Å². The zero-order chi connectivity index (χ0) is 18.6. The smallest absolute Gasteiger partial charge is 0.321 e. The summed E-state index contributed by atoms with van der Waals surface area (Å²) in [5.41, 5.74) is 0.784. The molecular formula is C20H27N5O2. The molecular weight excluding hydrogens is 342 g/mol. The van der Waals surface area contributed by atoms with Gasteiger partial charge in [0, 0.05) is 31.7 Å². The number of methoxy groups -OCH3 is 1. The van der Waals surface area contributed by atoms with Crippen LogP contribution < -0.4 is 10.1 Å². The fraction of sp³-hybridized carbons (Fsp3) is 0.550. The van der Waals surface area contributed by atoms with Crippen LogP contribution in [0.1, 0.15) is 31.5 Å². The number of rotatable bonds is 6. The zero-order valence-electron chi connectivity index (χ0n) is 15.8. The molecule has 2 fully saturated rings. The Morgan fingerprint density at radius 1 is 1.22 bits per heavy atom. The van der Waals surface area contributed by atoms with Gasteiger partial charge in [-0.15, -0.1) is 10.2 Å². The van der Waals surface area contributed by atoms with Crippen LogP contribution >= 0.6 is 0 Å². The molecule has 2 amide bonds. The van der Waals surface area contributed by atoms with E-state index in [9.17, 15) is 4.79 Å². The molecule has 27 heavy (non-hydrogen) atoms. The van der Waals surface area contributed by atoms with E-state index in [1.165, 1.54) is 12.8 Å². The Bertz CT molecular complexity index is 769. The number of hydrogen-bond donors (Lipinski definition) is 1. The topological polar surface area (TPSA) is 72.3 Å². The van der Waals surface area contributed by atoms with Crippen LogP contribution in [0.5, 0.6) is 5.75 Å². The van der Waals surface area contributed by atoms with Crippen LogP contribution in [0.2, 0.25) is 0 Å². The molecule has 1 atom stereocenters. The summed E-state index contributed by atoms with van der Waals surface area (Å²) in [5.74, 6) is 3.08. The Morgan fingerprint density at radius 2 is 2.04 bits per heavy atom. The van der Waals surface area contributed by atoms with Crippen molar-refractivity contribution < 1.29 is 9.53 Å². The minimum Gasteiger partial charge on any atom is -0.497 e. The predicted molar refractivity (Wildman–Crippen MR) is 103 cm³/mol. The molecule has 4 rings (SSSR count). The highest BCUT2D eigenvalue weighted by atomic mass is 16.5. The molecule has 7 nitrogen and oxygen atoms in total. The van der Waals surface area contributed by atoms with Gasteiger partial charge < -0.3 is 19.5 Å². The Hall–Kier alpha value is -2.57. The summed E-state index contributed by atoms with van der Waals surface area (Å²) in [6.07, 6.45) is 7.53. The van der Waals surface area contributed by atoms with Crippen molar-refractivity contribution in [3.8, 4) is 5.75 Å². The van der Waals surface area contributed by atoms with Gasteiger partial charge in [-0.05, 0) is 61.8 Å². The Labute approximate surface area is 159 Å². The lowest BCUT2D eigenvalue weighted by molar-refractivity contribution is 0.176. The number of amides is 2. The molecule has 7 heteroatoms. The summed E-state index contributed by atoms with van der Waals surface area (Å²) < 4.78 is 7.36. The average molecular weight is 369 g/mol. The fourth-order valence-corrected chi connectivity index (χ4v) is 3.72. The highest BCUT2D eigenvalue weighted by Crippen LogP contribution is 2.31. The number of urea groups is 1. The number of ether oxygens (including phenoxy) is 1. The minimum atomic E-state index is -0.0377. The number of benzene rings is 1. The highest BCUT2D eigenvalue weighted by Gasteiger charge is 2.27. The molecule has 1 N–H and O–H groups in total. The molecule has 2 heterocycles. The highest BCUT2D eigenvalue weighted by molar-refractivity contribution is 5.89. The van der Waals surface area contributed by atoms with E-state index < -0.39 is 0 Å². The second-order valence-corrected chi connectivity index (χ2v) is 7.66. The van der Waals surface area contributed by atoms with Crippen LogP contribution in [-0.2, 0) is 13.0 Å². The lowest BCUT2D eigenvalue weighted by Crippen LogP contribution is -2.43. The van der Waals surface area contributed by atoms with E-state index in [2.05, 4.69) is 20.1 Å². The summed E-state index contributed by atoms with van der Waals surface area (Å²) in [6, 6.07) is 7.38. The van der Waals surface area contributed by atoms with Crippen molar-refractivity contribution in [1.82, 2.24) is 19.7 Å². The monoisotopic (exact) mass is 369 g/mol. The maximum absolute atomic E-state index is 12.6. The molecule has 2 aliphatic rings. The van der Waals surface area contributed by atoms with Crippen molar-refractivity contribution in [3.05, 3.63) is 36.4 Å². The van der Waals surface area contributed by atoms with Crippen LogP contribution in [-0.4, -0.2) is 45.9 Å². The number of piperidine rings is 1. The van der Waals surface area contributed by atoms with E-state index in [1.54, 1.807) is 7.11 Å². The predicted octanol–water partition coefficient (Wildman–Crippen LogP) is 3.18. The molecule has 0 bridgehead atoms. The number of hydrogen-bond acceptors (Lipinski definition) is 4. The molecule has 1 aromatic carbocycles. The number of carbonyl (C=O) groups excluding carboxylic acids is 1. The van der Waals surface area contributed by atoms with Gasteiger partial charge in [0.2, 0.25) is 0 Å². The lowest BCUT2D eigenvalue weighted by Gasteiger charge is -2.32. The van der Waals surface area contributed by atoms with Gasteiger partial charge in [-0.2, -0.15) is 0 Å². The van der Waals surface area contributed by atoms with Crippen molar-refractivity contribution in [2.45, 2.75) is 38.6 Å². The number of nitrogens with zero attached hydrogens (tertiary/aromatic N) is 4. The maximum Gasteiger partial charge on any atom is 0.321 e. The Balaban J connectivity index is 1.33. The van der Waals surface area contributed by atoms with E-state index >= 15 is 0 Å². The van der Waals surface area contributed by atoms with Crippen LogP contribution in [0.3, 0.4) is 0 Å². The summed E-state index contributed by atoms with van der Waals surface area (Å²) in [6.45, 7) is 2.60. The molecule has 2 aromatic rings. The van der Waals surface area contributed by atoms with E-state index in [-0.39, 0.29) is 6.03 Å². The van der Waals surface area contributed by atoms with Gasteiger partial charge in [0.25, 0.3) is 0 Å². The minimum absolute atomic E-state index is 0.0377. The first-order valence-electron chi connectivity index (χ1n) is 9.78. The van der Waals surface area contributed by atoms with Gasteiger partial charge in [0.1, 0.15) is 17.9 Å². The van der Waals surface area contributed by atoms with Crippen LogP contribution in [0.15, 0.2) is 30.6 Å². The van der Waals surface area contributed by atoms with Crippen molar-refractivity contribution in [3.63, 3.8) is 0 Å². The van der Waals surface area contributed by atoms with E-state index in [1.807, 2.05) is 35.5 Å². The average Bonchev–Trinajstić information content (AvgIpc) is 3.41. The normalized spacial score (nSPS) is 19.7. The largest absolute Gasteiger partial charge is 0.497 e. The summed E-state index contributed by atoms with van der Waals surface area (Å²) in [7, 11) is 1.63. The Kier molecular flexibility index (Phi) is 5.27. The van der Waals surface area contributed by atoms with Gasteiger partial charge in [-0.25, -0.2) is 4.79 Å². The third-order valence-electron chi connectivity index (χ3n) is 5.47. The number of carbonyl (C=O) groups is 1. The maximum atomic E-state index is 12.6. The summed E-state index contributed by atoms with van der Waals surface area (Å²) in [4.78, 5) is 14.6. The van der Waals surface area contributed by atoms with Crippen molar-refractivity contribution in [2.75, 3.05) is 25.5 Å². The van der Waals surface area contributed by atoms with Gasteiger partial charge in [-0.3, -0.25) is 0 Å². The first kappa shape index (κ1) is 17.8. The number of anilines is 1. The first-order chi connectivity index (χ1) is 13.2. The molecule has 1 aliphatic carbocycles. The van der Waals surface area contributed by atoms with Crippen LogP contribution in [0.25, 0.3) is 0 Å². The number of nitrogens with one attached hydrogen (secondary N) is 1. The third-order valence-corrected chi connectivity index (χ3v) is 5.47. The van der Waals surface area contributed by atoms with E-state index in [0.29, 0.717) is 5.92 Å². The summed E-state index contributed by atoms with van der Waals surface area (Å²) in [5, 5.41) is 11.4. The molecule has 1 saturated carbocycles. The standard InChI is InChI=1S/C20H27N5O2/c1-27-18-8-6-17(7-9-18)22-20(26)24-10-2-3-16(13-24)11-19-23-21-14-25(19)12-15-4-5-15/h6-9,14-16H,2-5,10-13H2,1H3,(H,22,26). The van der Waals surface area contributed by atoms with Crippen molar-refractivity contribution in [1.29, 1.82) is 0 Å². The zero-order valence-corrected chi connectivity index (χ0v) is 15.8. The SMILES string of the molecule is COc1ccc(NC(=O)N2CCCC(Cc3nncn3CC3CC3)C2)cc1. The van der Waals surface area contributed by atoms with Gasteiger partial charge in [0.15, 0.2) is 0 Å².